The lowest BCUT2D eigenvalue weighted by molar-refractivity contribution is -0.130. The summed E-state index contributed by atoms with van der Waals surface area (Å²) < 4.78 is 10.8. The Morgan fingerprint density at radius 2 is 1.54 bits per heavy atom. The first-order valence-electron chi connectivity index (χ1n) is 8.26. The van der Waals surface area contributed by atoms with Gasteiger partial charge in [0.05, 0.1) is 7.11 Å². The largest absolute Gasteiger partial charge is 0.496 e. The van der Waals surface area contributed by atoms with E-state index in [4.69, 9.17) is 9.47 Å². The average molecular weight is 348 g/mol. The molecule has 0 amide bonds. The number of allylic oxidation sites excluding steroid dienone is 2. The van der Waals surface area contributed by atoms with Gasteiger partial charge in [0.1, 0.15) is 11.5 Å². The van der Waals surface area contributed by atoms with Crippen molar-refractivity contribution in [3.63, 3.8) is 0 Å². The van der Waals surface area contributed by atoms with Gasteiger partial charge in [0.15, 0.2) is 0 Å². The molecule has 0 aliphatic carbocycles. The first kappa shape index (κ1) is 19.3. The Balaban J connectivity index is 2.54. The number of hydrogen-bond acceptors (Lipinski definition) is 3. The summed E-state index contributed by atoms with van der Waals surface area (Å²) in [5, 5.41) is 0. The minimum atomic E-state index is -0.445. The number of hydrogen-bond donors (Lipinski definition) is 0. The van der Waals surface area contributed by atoms with Gasteiger partial charge >= 0.3 is 5.97 Å². The summed E-state index contributed by atoms with van der Waals surface area (Å²) in [6.07, 6.45) is 0. The van der Waals surface area contributed by atoms with Crippen LogP contribution in [-0.4, -0.2) is 13.1 Å². The number of carbonyl (C=O) groups excluding carboxylic acids is 1. The molecular weight excluding hydrogens is 324 g/mol. The van der Waals surface area contributed by atoms with Gasteiger partial charge in [0.25, 0.3) is 0 Å². The van der Waals surface area contributed by atoms with Crippen LogP contribution < -0.4 is 9.47 Å². The molecule has 3 nitrogen and oxygen atoms in total. The first-order valence-corrected chi connectivity index (χ1v) is 8.26. The normalized spacial score (nSPS) is 10.2. The quantitative estimate of drug-likeness (QED) is 0.370. The van der Waals surface area contributed by atoms with Crippen LogP contribution in [0.1, 0.15) is 31.9 Å². The van der Waals surface area contributed by atoms with Gasteiger partial charge in [-0.05, 0) is 67.3 Å². The predicted octanol–water partition coefficient (Wildman–Crippen LogP) is 5.91. The van der Waals surface area contributed by atoms with Gasteiger partial charge in [0, 0.05) is 11.1 Å². The zero-order valence-corrected chi connectivity index (χ0v) is 15.8. The Bertz CT molecular complexity index is 904. The molecule has 0 fully saturated rings. The maximum absolute atomic E-state index is 11.8. The van der Waals surface area contributed by atoms with Crippen molar-refractivity contribution in [2.45, 2.75) is 20.8 Å². The van der Waals surface area contributed by atoms with Crippen LogP contribution in [0.2, 0.25) is 0 Å². The number of carbonyl (C=O) groups is 1. The van der Waals surface area contributed by atoms with E-state index in [0.29, 0.717) is 11.3 Å². The van der Waals surface area contributed by atoms with E-state index < -0.39 is 5.97 Å². The van der Waals surface area contributed by atoms with E-state index in [2.05, 4.69) is 19.7 Å². The number of ether oxygens (including phenoxy) is 2. The van der Waals surface area contributed by atoms with Crippen LogP contribution in [-0.2, 0) is 4.79 Å². The second-order valence-corrected chi connectivity index (χ2v) is 6.35. The van der Waals surface area contributed by atoms with Crippen LogP contribution in [0.15, 0.2) is 61.7 Å². The Kier molecular flexibility index (Phi) is 5.83. The number of methoxy groups -OCH3 is 1. The predicted molar refractivity (Wildman–Crippen MR) is 108 cm³/mol. The zero-order valence-electron chi connectivity index (χ0n) is 15.8. The average Bonchev–Trinajstić information content (AvgIpc) is 2.60. The van der Waals surface area contributed by atoms with Crippen LogP contribution in [0.5, 0.6) is 11.5 Å². The van der Waals surface area contributed by atoms with E-state index in [-0.39, 0.29) is 0 Å². The van der Waals surface area contributed by atoms with E-state index in [1.165, 1.54) is 0 Å². The van der Waals surface area contributed by atoms with Gasteiger partial charge in [0.2, 0.25) is 0 Å². The third-order valence-corrected chi connectivity index (χ3v) is 3.98. The molecule has 0 radical (unpaired) electrons. The van der Waals surface area contributed by atoms with Gasteiger partial charge in [-0.25, -0.2) is 4.79 Å². The van der Waals surface area contributed by atoms with E-state index in [1.807, 2.05) is 44.2 Å². The summed E-state index contributed by atoms with van der Waals surface area (Å²) in [5.74, 6) is 0.804. The van der Waals surface area contributed by atoms with E-state index in [1.54, 1.807) is 20.1 Å². The highest BCUT2D eigenvalue weighted by Gasteiger charge is 2.13. The Hall–Kier alpha value is -3.07. The molecule has 0 N–H and O–H groups in total. The van der Waals surface area contributed by atoms with Crippen LogP contribution in [0, 0.1) is 0 Å². The molecule has 2 aromatic rings. The van der Waals surface area contributed by atoms with Crippen molar-refractivity contribution in [3.05, 3.63) is 72.8 Å². The third-order valence-electron chi connectivity index (χ3n) is 3.98. The molecule has 0 bridgehead atoms. The Morgan fingerprint density at radius 3 is 2.08 bits per heavy atom. The third kappa shape index (κ3) is 4.12. The van der Waals surface area contributed by atoms with Gasteiger partial charge in [-0.3, -0.25) is 0 Å². The summed E-state index contributed by atoms with van der Waals surface area (Å²) in [7, 11) is 1.64. The Labute approximate surface area is 155 Å². The van der Waals surface area contributed by atoms with E-state index >= 15 is 0 Å². The molecule has 0 aliphatic heterocycles. The molecule has 0 aromatic heterocycles. The van der Waals surface area contributed by atoms with Crippen LogP contribution in [0.25, 0.3) is 22.3 Å². The zero-order chi connectivity index (χ0) is 19.4. The molecule has 3 heteroatoms. The first-order chi connectivity index (χ1) is 12.2. The van der Waals surface area contributed by atoms with Crippen molar-refractivity contribution < 1.29 is 14.3 Å². The van der Waals surface area contributed by atoms with Gasteiger partial charge < -0.3 is 9.47 Å². The van der Waals surface area contributed by atoms with Crippen molar-refractivity contribution in [3.8, 4) is 22.6 Å². The summed E-state index contributed by atoms with van der Waals surface area (Å²) in [5.41, 5.74) is 6.03. The number of benzene rings is 2. The van der Waals surface area contributed by atoms with Crippen molar-refractivity contribution in [1.29, 1.82) is 0 Å². The minimum absolute atomic E-state index is 0.354. The smallest absolute Gasteiger partial charge is 0.338 e. The fourth-order valence-electron chi connectivity index (χ4n) is 2.59. The number of rotatable bonds is 6. The maximum Gasteiger partial charge on any atom is 0.338 e. The number of esters is 1. The standard InChI is InChI=1S/C23H24O3/c1-14(2)20-13-18(26-23(24)16(5)6)9-10-19(20)17-8-11-22(25-7)21(12-17)15(3)4/h8-13H,1,3,5H2,2,4,6-7H3. The van der Waals surface area contributed by atoms with Crippen molar-refractivity contribution in [2.24, 2.45) is 0 Å². The molecule has 0 saturated carbocycles. The topological polar surface area (TPSA) is 35.5 Å². The lowest BCUT2D eigenvalue weighted by Crippen LogP contribution is -2.08. The molecule has 2 rings (SSSR count). The molecular formula is C23H24O3. The summed E-state index contributed by atoms with van der Waals surface area (Å²) >= 11 is 0. The van der Waals surface area contributed by atoms with Gasteiger partial charge in [-0.15, -0.1) is 0 Å². The summed E-state index contributed by atoms with van der Waals surface area (Å²) in [4.78, 5) is 11.8. The lowest BCUT2D eigenvalue weighted by atomic mass is 9.93. The summed E-state index contributed by atoms with van der Waals surface area (Å²) in [6, 6.07) is 11.5. The molecule has 134 valence electrons. The van der Waals surface area contributed by atoms with Gasteiger partial charge in [-0.2, -0.15) is 0 Å². The monoisotopic (exact) mass is 348 g/mol. The lowest BCUT2D eigenvalue weighted by Gasteiger charge is -2.15. The molecule has 0 aliphatic rings. The molecule has 26 heavy (non-hydrogen) atoms. The van der Waals surface area contributed by atoms with Crippen LogP contribution >= 0.6 is 0 Å². The van der Waals surface area contributed by atoms with Crippen molar-refractivity contribution in [1.82, 2.24) is 0 Å². The minimum Gasteiger partial charge on any atom is -0.496 e. The fourth-order valence-corrected chi connectivity index (χ4v) is 2.59. The van der Waals surface area contributed by atoms with Crippen molar-refractivity contribution >= 4 is 17.1 Å². The van der Waals surface area contributed by atoms with Gasteiger partial charge in [-0.1, -0.05) is 37.4 Å². The molecule has 2 aromatic carbocycles. The van der Waals surface area contributed by atoms with Crippen LogP contribution in [0.3, 0.4) is 0 Å². The van der Waals surface area contributed by atoms with Crippen molar-refractivity contribution in [2.75, 3.05) is 7.11 Å². The second-order valence-electron chi connectivity index (χ2n) is 6.35. The molecule has 0 unspecified atom stereocenters. The summed E-state index contributed by atoms with van der Waals surface area (Å²) in [6.45, 7) is 17.2. The molecule has 0 atom stereocenters. The SMILES string of the molecule is C=C(C)C(=O)Oc1ccc(-c2ccc(OC)c(C(=C)C)c2)c(C(=C)C)c1. The molecule has 0 heterocycles. The van der Waals surface area contributed by atoms with Crippen LogP contribution in [0.4, 0.5) is 0 Å². The molecule has 0 saturated heterocycles. The van der Waals surface area contributed by atoms with E-state index in [0.717, 1.165) is 39.1 Å². The van der Waals surface area contributed by atoms with E-state index in [9.17, 15) is 4.79 Å². The molecule has 0 spiro atoms. The fraction of sp³-hybridized carbons (Fsp3) is 0.174. The highest BCUT2D eigenvalue weighted by atomic mass is 16.5. The highest BCUT2D eigenvalue weighted by Crippen LogP contribution is 2.35. The maximum atomic E-state index is 11.8. The highest BCUT2D eigenvalue weighted by molar-refractivity contribution is 5.89. The second kappa shape index (κ2) is 7.87. The Morgan fingerprint density at radius 1 is 0.885 bits per heavy atom.